The van der Waals surface area contributed by atoms with Crippen LogP contribution in [-0.2, 0) is 13.1 Å². The number of thiazole rings is 1. The quantitative estimate of drug-likeness (QED) is 0.868. The minimum Gasteiger partial charge on any atom is -0.306 e. The first-order valence-electron chi connectivity index (χ1n) is 7.20. The lowest BCUT2D eigenvalue weighted by Crippen LogP contribution is -2.35. The molecule has 19 heavy (non-hydrogen) atoms. The Hall–Kier alpha value is -0.450. The molecule has 1 aliphatic carbocycles. The highest BCUT2D eigenvalue weighted by atomic mass is 32.1. The van der Waals surface area contributed by atoms with E-state index in [2.05, 4.69) is 50.3 Å². The largest absolute Gasteiger partial charge is 0.306 e. The van der Waals surface area contributed by atoms with Crippen LogP contribution in [-0.4, -0.2) is 29.0 Å². The number of hydrogen-bond acceptors (Lipinski definition) is 4. The third-order valence-corrected chi connectivity index (χ3v) is 4.52. The topological polar surface area (TPSA) is 28.2 Å². The van der Waals surface area contributed by atoms with Crippen LogP contribution in [0.25, 0.3) is 0 Å². The molecule has 1 saturated carbocycles. The van der Waals surface area contributed by atoms with E-state index in [1.165, 1.54) is 23.7 Å². The molecule has 2 rings (SSSR count). The molecule has 1 fully saturated rings. The summed E-state index contributed by atoms with van der Waals surface area (Å²) < 4.78 is 0. The maximum atomic E-state index is 4.71. The number of nitrogens with one attached hydrogen (secondary N) is 1. The zero-order chi connectivity index (χ0) is 14.0. The Morgan fingerprint density at radius 1 is 1.47 bits per heavy atom. The minimum absolute atomic E-state index is 0.157. The zero-order valence-electron chi connectivity index (χ0n) is 12.9. The summed E-state index contributed by atoms with van der Waals surface area (Å²) in [6.07, 6.45) is 1.40. The molecule has 0 radical (unpaired) electrons. The van der Waals surface area contributed by atoms with Crippen LogP contribution < -0.4 is 5.32 Å². The predicted molar refractivity (Wildman–Crippen MR) is 82.3 cm³/mol. The summed E-state index contributed by atoms with van der Waals surface area (Å²) >= 11 is 1.77. The van der Waals surface area contributed by atoms with Gasteiger partial charge in [0.1, 0.15) is 5.01 Å². The maximum Gasteiger partial charge on any atom is 0.107 e. The van der Waals surface area contributed by atoms with Crippen LogP contribution in [0.2, 0.25) is 0 Å². The number of rotatable bonds is 6. The molecular weight excluding hydrogens is 254 g/mol. The van der Waals surface area contributed by atoms with E-state index < -0.39 is 0 Å². The first kappa shape index (κ1) is 14.9. The maximum absolute atomic E-state index is 4.71. The van der Waals surface area contributed by atoms with Crippen molar-refractivity contribution in [3.05, 3.63) is 16.1 Å². The van der Waals surface area contributed by atoms with Crippen molar-refractivity contribution >= 4 is 11.3 Å². The molecule has 1 heterocycles. The molecule has 0 aliphatic heterocycles. The Balaban J connectivity index is 1.76. The fourth-order valence-corrected chi connectivity index (χ4v) is 2.96. The van der Waals surface area contributed by atoms with E-state index in [4.69, 9.17) is 4.98 Å². The molecule has 1 aromatic heterocycles. The minimum atomic E-state index is 0.157. The smallest absolute Gasteiger partial charge is 0.107 e. The van der Waals surface area contributed by atoms with E-state index in [0.29, 0.717) is 0 Å². The highest BCUT2D eigenvalue weighted by Gasteiger charge is 2.33. The van der Waals surface area contributed by atoms with E-state index in [1.807, 2.05) is 0 Å². The third kappa shape index (κ3) is 5.21. The molecule has 0 bridgehead atoms. The molecule has 0 saturated heterocycles. The lowest BCUT2D eigenvalue weighted by atomic mass is 10.1. The van der Waals surface area contributed by atoms with Crippen LogP contribution in [0.1, 0.15) is 44.8 Å². The van der Waals surface area contributed by atoms with Crippen molar-refractivity contribution in [3.63, 3.8) is 0 Å². The van der Waals surface area contributed by atoms with Gasteiger partial charge in [0.2, 0.25) is 0 Å². The summed E-state index contributed by atoms with van der Waals surface area (Å²) in [5.74, 6) is 1.86. The summed E-state index contributed by atoms with van der Waals surface area (Å²) in [5, 5.41) is 6.88. The van der Waals surface area contributed by atoms with Crippen LogP contribution in [0, 0.1) is 11.8 Å². The van der Waals surface area contributed by atoms with Gasteiger partial charge in [0.25, 0.3) is 0 Å². The van der Waals surface area contributed by atoms with Gasteiger partial charge in [-0.3, -0.25) is 0 Å². The molecule has 2 atom stereocenters. The molecule has 1 aromatic rings. The Kier molecular flexibility index (Phi) is 4.64. The van der Waals surface area contributed by atoms with Crippen molar-refractivity contribution in [2.75, 3.05) is 13.6 Å². The molecule has 1 aliphatic rings. The Bertz CT molecular complexity index is 408. The normalized spacial score (nSPS) is 23.1. The summed E-state index contributed by atoms with van der Waals surface area (Å²) in [4.78, 5) is 7.12. The van der Waals surface area contributed by atoms with Crippen LogP contribution in [0.5, 0.6) is 0 Å². The number of aromatic nitrogens is 1. The monoisotopic (exact) mass is 281 g/mol. The summed E-state index contributed by atoms with van der Waals surface area (Å²) in [6.45, 7) is 12.0. The van der Waals surface area contributed by atoms with E-state index in [1.54, 1.807) is 11.3 Å². The number of nitrogens with zero attached hydrogens (tertiary/aromatic N) is 2. The van der Waals surface area contributed by atoms with Gasteiger partial charge in [0.15, 0.2) is 0 Å². The molecular formula is C15H27N3S. The van der Waals surface area contributed by atoms with Gasteiger partial charge in [-0.25, -0.2) is 4.98 Å². The standard InChI is InChI=1S/C15H27N3S/c1-11-6-12(11)8-18(5)9-13-10-19-14(17-13)7-16-15(2,3)4/h10-12,16H,6-9H2,1-5H3. The second-order valence-corrected chi connectivity index (χ2v) is 7.95. The lowest BCUT2D eigenvalue weighted by Gasteiger charge is -2.19. The first-order valence-corrected chi connectivity index (χ1v) is 8.08. The van der Waals surface area contributed by atoms with Crippen LogP contribution in [0.3, 0.4) is 0 Å². The molecule has 4 heteroatoms. The Labute approximate surface area is 121 Å². The first-order chi connectivity index (χ1) is 8.83. The summed E-state index contributed by atoms with van der Waals surface area (Å²) in [7, 11) is 2.21. The zero-order valence-corrected chi connectivity index (χ0v) is 13.7. The molecule has 0 spiro atoms. The Morgan fingerprint density at radius 2 is 2.16 bits per heavy atom. The van der Waals surface area contributed by atoms with Gasteiger partial charge < -0.3 is 10.2 Å². The fraction of sp³-hybridized carbons (Fsp3) is 0.800. The fourth-order valence-electron chi connectivity index (χ4n) is 2.24. The second kappa shape index (κ2) is 5.90. The lowest BCUT2D eigenvalue weighted by molar-refractivity contribution is 0.304. The van der Waals surface area contributed by atoms with Gasteiger partial charge >= 0.3 is 0 Å². The van der Waals surface area contributed by atoms with Crippen LogP contribution in [0.4, 0.5) is 0 Å². The molecule has 2 unspecified atom stereocenters. The van der Waals surface area contributed by atoms with Crippen molar-refractivity contribution in [2.45, 2.75) is 52.7 Å². The average Bonchev–Trinajstić information content (AvgIpc) is 2.79. The van der Waals surface area contributed by atoms with Crippen molar-refractivity contribution < 1.29 is 0 Å². The highest BCUT2D eigenvalue weighted by molar-refractivity contribution is 7.09. The van der Waals surface area contributed by atoms with Gasteiger partial charge in [-0.1, -0.05) is 6.92 Å². The summed E-state index contributed by atoms with van der Waals surface area (Å²) in [6, 6.07) is 0. The van der Waals surface area contributed by atoms with Crippen LogP contribution in [0.15, 0.2) is 5.38 Å². The van der Waals surface area contributed by atoms with E-state index in [-0.39, 0.29) is 5.54 Å². The number of hydrogen-bond donors (Lipinski definition) is 1. The van der Waals surface area contributed by atoms with Gasteiger partial charge in [0, 0.05) is 30.6 Å². The molecule has 3 nitrogen and oxygen atoms in total. The third-order valence-electron chi connectivity index (χ3n) is 3.62. The molecule has 0 amide bonds. The van der Waals surface area contributed by atoms with Gasteiger partial charge in [-0.05, 0) is 46.1 Å². The summed E-state index contributed by atoms with van der Waals surface area (Å²) in [5.41, 5.74) is 1.37. The van der Waals surface area contributed by atoms with Crippen molar-refractivity contribution in [2.24, 2.45) is 11.8 Å². The SMILES string of the molecule is CC1CC1CN(C)Cc1csc(CNC(C)(C)C)n1. The van der Waals surface area contributed by atoms with Gasteiger partial charge in [-0.15, -0.1) is 11.3 Å². The van der Waals surface area contributed by atoms with Crippen molar-refractivity contribution in [1.82, 2.24) is 15.2 Å². The molecule has 1 N–H and O–H groups in total. The van der Waals surface area contributed by atoms with E-state index >= 15 is 0 Å². The van der Waals surface area contributed by atoms with Crippen molar-refractivity contribution in [3.8, 4) is 0 Å². The predicted octanol–water partition coefficient (Wildman–Crippen LogP) is 3.12. The van der Waals surface area contributed by atoms with E-state index in [9.17, 15) is 0 Å². The van der Waals surface area contributed by atoms with Crippen molar-refractivity contribution in [1.29, 1.82) is 0 Å². The molecule has 0 aromatic carbocycles. The molecule has 108 valence electrons. The highest BCUT2D eigenvalue weighted by Crippen LogP contribution is 2.38. The van der Waals surface area contributed by atoms with Crippen LogP contribution >= 0.6 is 11.3 Å². The Morgan fingerprint density at radius 3 is 2.74 bits per heavy atom. The van der Waals surface area contributed by atoms with E-state index in [0.717, 1.165) is 24.9 Å². The second-order valence-electron chi connectivity index (χ2n) is 7.01. The van der Waals surface area contributed by atoms with Gasteiger partial charge in [-0.2, -0.15) is 0 Å². The average molecular weight is 281 g/mol. The van der Waals surface area contributed by atoms with Gasteiger partial charge in [0.05, 0.1) is 5.69 Å².